The van der Waals surface area contributed by atoms with Crippen molar-refractivity contribution in [1.82, 2.24) is 0 Å². The van der Waals surface area contributed by atoms with Gasteiger partial charge in [-0.2, -0.15) is 0 Å². The maximum atomic E-state index is 12.4. The molecule has 0 aromatic heterocycles. The van der Waals surface area contributed by atoms with Gasteiger partial charge in [-0.1, -0.05) is 12.1 Å². The van der Waals surface area contributed by atoms with Crippen LogP contribution in [0, 0.1) is 0 Å². The Bertz CT molecular complexity index is 833. The van der Waals surface area contributed by atoms with E-state index in [0.717, 1.165) is 41.1 Å². The summed E-state index contributed by atoms with van der Waals surface area (Å²) in [6, 6.07) is 13.2. The van der Waals surface area contributed by atoms with E-state index in [4.69, 9.17) is 9.47 Å². The number of hydrogen-bond acceptors (Lipinski definition) is 4. The van der Waals surface area contributed by atoms with E-state index in [0.29, 0.717) is 19.6 Å². The quantitative estimate of drug-likeness (QED) is 0.799. The summed E-state index contributed by atoms with van der Waals surface area (Å²) in [6.45, 7) is 3.32. The number of carbonyl (C=O) groups is 2. The fourth-order valence-electron chi connectivity index (χ4n) is 3.40. The number of benzene rings is 2. The normalized spacial score (nSPS) is 13.0. The summed E-state index contributed by atoms with van der Waals surface area (Å²) in [5, 5.41) is 2.95. The third-order valence-corrected chi connectivity index (χ3v) is 4.65. The van der Waals surface area contributed by atoms with Gasteiger partial charge in [0.25, 0.3) is 5.91 Å². The number of ether oxygens (including phenoxy) is 2. The lowest BCUT2D eigenvalue weighted by molar-refractivity contribution is -0.122. The first-order valence-electron chi connectivity index (χ1n) is 9.54. The molecule has 0 atom stereocenters. The van der Waals surface area contributed by atoms with Crippen molar-refractivity contribution in [1.29, 1.82) is 0 Å². The van der Waals surface area contributed by atoms with Crippen LogP contribution in [0.5, 0.6) is 5.75 Å². The van der Waals surface area contributed by atoms with Crippen molar-refractivity contribution >= 4 is 23.2 Å². The lowest BCUT2D eigenvalue weighted by Crippen LogP contribution is -2.37. The summed E-state index contributed by atoms with van der Waals surface area (Å²) < 4.78 is 10.4. The number of amides is 2. The molecular weight excluding hydrogens is 356 g/mol. The number of carbonyl (C=O) groups excluding carboxylic acids is 2. The Morgan fingerprint density at radius 3 is 2.64 bits per heavy atom. The SMILES string of the molecule is CCOc1ccc(CC(=O)Nc2ccc3c(c2)CCCN3C(=O)COC)cc1. The minimum Gasteiger partial charge on any atom is -0.494 e. The molecule has 0 saturated heterocycles. The van der Waals surface area contributed by atoms with Crippen LogP contribution in [0.25, 0.3) is 0 Å². The molecule has 148 valence electrons. The largest absolute Gasteiger partial charge is 0.494 e. The molecule has 0 spiro atoms. The molecule has 6 nitrogen and oxygen atoms in total. The summed E-state index contributed by atoms with van der Waals surface area (Å²) >= 11 is 0. The predicted molar refractivity (Wildman–Crippen MR) is 109 cm³/mol. The zero-order valence-electron chi connectivity index (χ0n) is 16.4. The molecule has 1 N–H and O–H groups in total. The van der Waals surface area contributed by atoms with Crippen LogP contribution in [-0.4, -0.2) is 38.7 Å². The fourth-order valence-corrected chi connectivity index (χ4v) is 3.40. The third-order valence-electron chi connectivity index (χ3n) is 4.65. The summed E-state index contributed by atoms with van der Waals surface area (Å²) in [5.41, 5.74) is 3.64. The van der Waals surface area contributed by atoms with E-state index < -0.39 is 0 Å². The molecule has 2 aromatic rings. The van der Waals surface area contributed by atoms with E-state index >= 15 is 0 Å². The smallest absolute Gasteiger partial charge is 0.252 e. The molecule has 0 bridgehead atoms. The van der Waals surface area contributed by atoms with Crippen LogP contribution in [0.1, 0.15) is 24.5 Å². The Kier molecular flexibility index (Phi) is 6.66. The molecule has 28 heavy (non-hydrogen) atoms. The molecule has 1 aliphatic heterocycles. The molecule has 0 unspecified atom stereocenters. The minimum absolute atomic E-state index is 0.0456. The topological polar surface area (TPSA) is 67.9 Å². The van der Waals surface area contributed by atoms with Crippen LogP contribution in [0.2, 0.25) is 0 Å². The molecule has 0 fully saturated rings. The summed E-state index contributed by atoms with van der Waals surface area (Å²) in [7, 11) is 1.52. The van der Waals surface area contributed by atoms with Crippen LogP contribution < -0.4 is 15.0 Å². The van der Waals surface area contributed by atoms with E-state index in [9.17, 15) is 9.59 Å². The zero-order chi connectivity index (χ0) is 19.9. The van der Waals surface area contributed by atoms with E-state index in [1.54, 1.807) is 4.90 Å². The van der Waals surface area contributed by atoms with Gasteiger partial charge in [0, 0.05) is 25.0 Å². The summed E-state index contributed by atoms with van der Waals surface area (Å²) in [6.07, 6.45) is 2.07. The van der Waals surface area contributed by atoms with Crippen molar-refractivity contribution < 1.29 is 19.1 Å². The molecular formula is C22H26N2O4. The van der Waals surface area contributed by atoms with Crippen molar-refractivity contribution in [2.24, 2.45) is 0 Å². The van der Waals surface area contributed by atoms with Gasteiger partial charge in [0.1, 0.15) is 12.4 Å². The minimum atomic E-state index is -0.0766. The summed E-state index contributed by atoms with van der Waals surface area (Å²) in [5.74, 6) is 0.678. The number of nitrogens with zero attached hydrogens (tertiary/aromatic N) is 1. The van der Waals surface area contributed by atoms with Crippen LogP contribution in [0.4, 0.5) is 11.4 Å². The molecule has 0 aliphatic carbocycles. The fraction of sp³-hybridized carbons (Fsp3) is 0.364. The maximum absolute atomic E-state index is 12.4. The second kappa shape index (κ2) is 9.37. The number of nitrogens with one attached hydrogen (secondary N) is 1. The van der Waals surface area contributed by atoms with Crippen LogP contribution >= 0.6 is 0 Å². The van der Waals surface area contributed by atoms with Crippen molar-refractivity contribution in [3.05, 3.63) is 53.6 Å². The van der Waals surface area contributed by atoms with Gasteiger partial charge in [-0.3, -0.25) is 9.59 Å². The van der Waals surface area contributed by atoms with Gasteiger partial charge in [-0.25, -0.2) is 0 Å². The monoisotopic (exact) mass is 382 g/mol. The first-order chi connectivity index (χ1) is 13.6. The highest BCUT2D eigenvalue weighted by Crippen LogP contribution is 2.30. The van der Waals surface area contributed by atoms with Crippen molar-refractivity contribution in [2.75, 3.05) is 37.1 Å². The number of methoxy groups -OCH3 is 1. The van der Waals surface area contributed by atoms with Crippen LogP contribution in [-0.2, 0) is 27.2 Å². The third kappa shape index (κ3) is 4.89. The number of rotatable bonds is 7. The van der Waals surface area contributed by atoms with E-state index in [-0.39, 0.29) is 18.4 Å². The molecule has 3 rings (SSSR count). The lowest BCUT2D eigenvalue weighted by Gasteiger charge is -2.29. The van der Waals surface area contributed by atoms with Gasteiger partial charge in [0.05, 0.1) is 13.0 Å². The van der Waals surface area contributed by atoms with E-state index in [1.165, 1.54) is 7.11 Å². The molecule has 6 heteroatoms. The zero-order valence-corrected chi connectivity index (χ0v) is 16.4. The van der Waals surface area contributed by atoms with Gasteiger partial charge < -0.3 is 19.7 Å². The van der Waals surface area contributed by atoms with Gasteiger partial charge in [0.15, 0.2) is 0 Å². The Morgan fingerprint density at radius 1 is 1.14 bits per heavy atom. The Balaban J connectivity index is 1.64. The van der Waals surface area contributed by atoms with Crippen molar-refractivity contribution in [2.45, 2.75) is 26.2 Å². The second-order valence-electron chi connectivity index (χ2n) is 6.73. The molecule has 2 amide bonds. The highest BCUT2D eigenvalue weighted by atomic mass is 16.5. The summed E-state index contributed by atoms with van der Waals surface area (Å²) in [4.78, 5) is 26.4. The molecule has 1 aliphatic rings. The Hall–Kier alpha value is -2.86. The van der Waals surface area contributed by atoms with Gasteiger partial charge in [0.2, 0.25) is 5.91 Å². The standard InChI is InChI=1S/C22H26N2O4/c1-3-28-19-9-6-16(7-10-19)13-21(25)23-18-8-11-20-17(14-18)5-4-12-24(20)22(26)15-27-2/h6-11,14H,3-5,12-13,15H2,1-2H3,(H,23,25). The number of anilines is 2. The van der Waals surface area contributed by atoms with E-state index in [1.807, 2.05) is 49.4 Å². The lowest BCUT2D eigenvalue weighted by atomic mass is 10.0. The van der Waals surface area contributed by atoms with Gasteiger partial charge in [-0.15, -0.1) is 0 Å². The highest BCUT2D eigenvalue weighted by molar-refractivity contribution is 5.97. The first-order valence-corrected chi connectivity index (χ1v) is 9.54. The van der Waals surface area contributed by atoms with Gasteiger partial charge >= 0.3 is 0 Å². The average Bonchev–Trinajstić information content (AvgIpc) is 2.69. The number of hydrogen-bond donors (Lipinski definition) is 1. The van der Waals surface area contributed by atoms with E-state index in [2.05, 4.69) is 5.32 Å². The van der Waals surface area contributed by atoms with Crippen LogP contribution in [0.15, 0.2) is 42.5 Å². The Labute approximate surface area is 165 Å². The van der Waals surface area contributed by atoms with Crippen LogP contribution in [0.3, 0.4) is 0 Å². The molecule has 0 saturated carbocycles. The number of aryl methyl sites for hydroxylation is 1. The average molecular weight is 382 g/mol. The molecule has 2 aromatic carbocycles. The molecule has 1 heterocycles. The Morgan fingerprint density at radius 2 is 1.93 bits per heavy atom. The maximum Gasteiger partial charge on any atom is 0.252 e. The van der Waals surface area contributed by atoms with Crippen molar-refractivity contribution in [3.8, 4) is 5.75 Å². The predicted octanol–water partition coefficient (Wildman–Crippen LogP) is 3.19. The second-order valence-corrected chi connectivity index (χ2v) is 6.73. The highest BCUT2D eigenvalue weighted by Gasteiger charge is 2.22. The van der Waals surface area contributed by atoms with Crippen molar-refractivity contribution in [3.63, 3.8) is 0 Å². The first kappa shape index (κ1) is 19.9. The number of fused-ring (bicyclic) bond motifs is 1. The van der Waals surface area contributed by atoms with Gasteiger partial charge in [-0.05, 0) is 61.2 Å². The molecule has 0 radical (unpaired) electrons.